The minimum absolute atomic E-state index is 0.155. The van der Waals surface area contributed by atoms with E-state index in [9.17, 15) is 14.4 Å². The first-order valence-electron chi connectivity index (χ1n) is 9.00. The van der Waals surface area contributed by atoms with Gasteiger partial charge in [0.2, 0.25) is 0 Å². The summed E-state index contributed by atoms with van der Waals surface area (Å²) in [5.41, 5.74) is 2.24. The molecule has 1 amide bonds. The predicted octanol–water partition coefficient (Wildman–Crippen LogP) is 2.65. The highest BCUT2D eigenvalue weighted by Crippen LogP contribution is 2.20. The molecule has 0 radical (unpaired) electrons. The molecule has 28 heavy (non-hydrogen) atoms. The summed E-state index contributed by atoms with van der Waals surface area (Å²) in [7, 11) is 1.84. The number of esters is 1. The Bertz CT molecular complexity index is 1010. The van der Waals surface area contributed by atoms with Gasteiger partial charge in [-0.1, -0.05) is 48.5 Å². The number of rotatable bonds is 7. The number of aryl methyl sites for hydroxylation is 1. The van der Waals surface area contributed by atoms with Crippen molar-refractivity contribution in [3.05, 3.63) is 71.9 Å². The van der Waals surface area contributed by atoms with E-state index in [4.69, 9.17) is 4.74 Å². The normalized spacial score (nSPS) is 11.8. The van der Waals surface area contributed by atoms with Gasteiger partial charge in [0, 0.05) is 24.1 Å². The van der Waals surface area contributed by atoms with Crippen molar-refractivity contribution in [3.63, 3.8) is 0 Å². The molecule has 144 valence electrons. The Labute approximate surface area is 163 Å². The van der Waals surface area contributed by atoms with Crippen LogP contribution in [0.4, 0.5) is 0 Å². The average Bonchev–Trinajstić information content (AvgIpc) is 3.03. The van der Waals surface area contributed by atoms with E-state index in [1.807, 2.05) is 66.2 Å². The van der Waals surface area contributed by atoms with Gasteiger partial charge in [-0.25, -0.2) is 4.79 Å². The number of ketones is 1. The van der Waals surface area contributed by atoms with Crippen LogP contribution < -0.4 is 5.32 Å². The van der Waals surface area contributed by atoms with Crippen LogP contribution in [-0.4, -0.2) is 34.9 Å². The van der Waals surface area contributed by atoms with E-state index >= 15 is 0 Å². The number of nitrogens with one attached hydrogen (secondary N) is 1. The van der Waals surface area contributed by atoms with Crippen LogP contribution in [0.3, 0.4) is 0 Å². The minimum Gasteiger partial charge on any atom is -0.452 e. The number of Topliss-reactive ketones (excluding diaryl/α,β-unsaturated/α-hetero) is 1. The zero-order chi connectivity index (χ0) is 20.1. The molecule has 1 N–H and O–H groups in total. The SMILES string of the molecule is CC(=O)[C@H](Cc1ccccc1)NC(=O)COC(=O)c1cn(C)c2ccccc12. The summed E-state index contributed by atoms with van der Waals surface area (Å²) >= 11 is 0. The van der Waals surface area contributed by atoms with Crippen LogP contribution in [0.25, 0.3) is 10.9 Å². The predicted molar refractivity (Wildman–Crippen MR) is 106 cm³/mol. The third kappa shape index (κ3) is 4.46. The molecule has 3 rings (SSSR count). The van der Waals surface area contributed by atoms with Gasteiger partial charge in [-0.05, 0) is 25.0 Å². The quantitative estimate of drug-likeness (QED) is 0.641. The smallest absolute Gasteiger partial charge is 0.340 e. The molecule has 0 saturated heterocycles. The topological polar surface area (TPSA) is 77.4 Å². The summed E-state index contributed by atoms with van der Waals surface area (Å²) in [4.78, 5) is 36.5. The number of fused-ring (bicyclic) bond motifs is 1. The Kier molecular flexibility index (Phi) is 5.89. The molecule has 0 fully saturated rings. The number of carbonyl (C=O) groups excluding carboxylic acids is 3. The second-order valence-corrected chi connectivity index (χ2v) is 6.67. The third-order valence-corrected chi connectivity index (χ3v) is 4.56. The van der Waals surface area contributed by atoms with Gasteiger partial charge in [0.1, 0.15) is 0 Å². The van der Waals surface area contributed by atoms with E-state index in [0.717, 1.165) is 16.5 Å². The fourth-order valence-corrected chi connectivity index (χ4v) is 3.10. The second-order valence-electron chi connectivity index (χ2n) is 6.67. The number of hydrogen-bond donors (Lipinski definition) is 1. The molecule has 1 aromatic heterocycles. The summed E-state index contributed by atoms with van der Waals surface area (Å²) < 4.78 is 7.00. The highest BCUT2D eigenvalue weighted by molar-refractivity contribution is 6.04. The van der Waals surface area contributed by atoms with Crippen molar-refractivity contribution in [2.75, 3.05) is 6.61 Å². The van der Waals surface area contributed by atoms with E-state index in [0.29, 0.717) is 12.0 Å². The van der Waals surface area contributed by atoms with Crippen molar-refractivity contribution in [2.45, 2.75) is 19.4 Å². The fourth-order valence-electron chi connectivity index (χ4n) is 3.10. The van der Waals surface area contributed by atoms with Crippen LogP contribution in [0.15, 0.2) is 60.8 Å². The van der Waals surface area contributed by atoms with Gasteiger partial charge >= 0.3 is 5.97 Å². The average molecular weight is 378 g/mol. The lowest BCUT2D eigenvalue weighted by molar-refractivity contribution is -0.128. The molecule has 3 aromatic rings. The summed E-state index contributed by atoms with van der Waals surface area (Å²) in [5, 5.41) is 3.41. The summed E-state index contributed by atoms with van der Waals surface area (Å²) in [6.45, 7) is 0.983. The highest BCUT2D eigenvalue weighted by Gasteiger charge is 2.20. The number of hydrogen-bond acceptors (Lipinski definition) is 4. The first-order chi connectivity index (χ1) is 13.5. The molecule has 6 nitrogen and oxygen atoms in total. The van der Waals surface area contributed by atoms with Crippen molar-refractivity contribution < 1.29 is 19.1 Å². The molecule has 0 aliphatic carbocycles. The van der Waals surface area contributed by atoms with Gasteiger partial charge in [0.25, 0.3) is 5.91 Å². The highest BCUT2D eigenvalue weighted by atomic mass is 16.5. The zero-order valence-corrected chi connectivity index (χ0v) is 15.8. The Balaban J connectivity index is 1.61. The van der Waals surface area contributed by atoms with Crippen molar-refractivity contribution in [2.24, 2.45) is 7.05 Å². The summed E-state index contributed by atoms with van der Waals surface area (Å²) in [6.07, 6.45) is 2.07. The standard InChI is InChI=1S/C22H22N2O4/c1-15(25)19(12-16-8-4-3-5-9-16)23-21(26)14-28-22(27)18-13-24(2)20-11-7-6-10-17(18)20/h3-11,13,19H,12,14H2,1-2H3,(H,23,26)/t19-/m0/s1. The minimum atomic E-state index is -0.661. The number of para-hydroxylation sites is 1. The molecule has 1 heterocycles. The molecule has 0 aliphatic heterocycles. The van der Waals surface area contributed by atoms with Crippen molar-refractivity contribution in [1.29, 1.82) is 0 Å². The van der Waals surface area contributed by atoms with E-state index in [-0.39, 0.29) is 5.78 Å². The van der Waals surface area contributed by atoms with Crippen LogP contribution in [0.2, 0.25) is 0 Å². The first-order valence-corrected chi connectivity index (χ1v) is 9.00. The zero-order valence-electron chi connectivity index (χ0n) is 15.8. The second kappa shape index (κ2) is 8.52. The maximum atomic E-state index is 12.4. The van der Waals surface area contributed by atoms with Crippen LogP contribution in [0, 0.1) is 0 Å². The largest absolute Gasteiger partial charge is 0.452 e. The molecule has 1 atom stereocenters. The molecular weight excluding hydrogens is 356 g/mol. The van der Waals surface area contributed by atoms with E-state index in [1.54, 1.807) is 6.20 Å². The maximum absolute atomic E-state index is 12.4. The first kappa shape index (κ1) is 19.4. The lowest BCUT2D eigenvalue weighted by atomic mass is 10.0. The molecule has 0 saturated carbocycles. The van der Waals surface area contributed by atoms with Gasteiger partial charge < -0.3 is 14.6 Å². The molecule has 0 aliphatic rings. The molecule has 0 bridgehead atoms. The Morgan fingerprint density at radius 3 is 2.43 bits per heavy atom. The number of ether oxygens (including phenoxy) is 1. The maximum Gasteiger partial charge on any atom is 0.340 e. The number of benzene rings is 2. The van der Waals surface area contributed by atoms with Gasteiger partial charge in [-0.3, -0.25) is 9.59 Å². The number of amides is 1. The van der Waals surface area contributed by atoms with Crippen molar-refractivity contribution in [1.82, 2.24) is 9.88 Å². The molecule has 0 spiro atoms. The van der Waals surface area contributed by atoms with E-state index in [2.05, 4.69) is 5.32 Å². The van der Waals surface area contributed by atoms with Crippen LogP contribution in [-0.2, 0) is 27.8 Å². The van der Waals surface area contributed by atoms with Gasteiger partial charge in [-0.2, -0.15) is 0 Å². The Hall–Kier alpha value is -3.41. The Morgan fingerprint density at radius 2 is 1.71 bits per heavy atom. The summed E-state index contributed by atoms with van der Waals surface area (Å²) in [5.74, 6) is -1.24. The lowest BCUT2D eigenvalue weighted by Crippen LogP contribution is -2.43. The molecule has 6 heteroatoms. The molecule has 2 aromatic carbocycles. The molecule has 0 unspecified atom stereocenters. The van der Waals surface area contributed by atoms with Gasteiger partial charge in [0.15, 0.2) is 12.4 Å². The van der Waals surface area contributed by atoms with Crippen LogP contribution in [0.1, 0.15) is 22.8 Å². The fraction of sp³-hybridized carbons (Fsp3) is 0.227. The monoisotopic (exact) mass is 378 g/mol. The van der Waals surface area contributed by atoms with Crippen LogP contribution >= 0.6 is 0 Å². The molecular formula is C22H22N2O4. The third-order valence-electron chi connectivity index (χ3n) is 4.56. The van der Waals surface area contributed by atoms with Crippen molar-refractivity contribution >= 4 is 28.6 Å². The number of carbonyl (C=O) groups is 3. The van der Waals surface area contributed by atoms with Crippen LogP contribution in [0.5, 0.6) is 0 Å². The number of aromatic nitrogens is 1. The Morgan fingerprint density at radius 1 is 1.04 bits per heavy atom. The summed E-state index contributed by atoms with van der Waals surface area (Å²) in [6, 6.07) is 16.2. The van der Waals surface area contributed by atoms with Gasteiger partial charge in [-0.15, -0.1) is 0 Å². The van der Waals surface area contributed by atoms with Gasteiger partial charge in [0.05, 0.1) is 11.6 Å². The van der Waals surface area contributed by atoms with E-state index in [1.165, 1.54) is 6.92 Å². The van der Waals surface area contributed by atoms with Crippen molar-refractivity contribution in [3.8, 4) is 0 Å². The lowest BCUT2D eigenvalue weighted by Gasteiger charge is -2.16. The number of nitrogens with zero attached hydrogens (tertiary/aromatic N) is 1. The van der Waals surface area contributed by atoms with E-state index < -0.39 is 24.5 Å².